The monoisotopic (exact) mass is 409 g/mol. The third-order valence-corrected chi connectivity index (χ3v) is 6.56. The Morgan fingerprint density at radius 1 is 0.964 bits per heavy atom. The number of esters is 1. The van der Waals surface area contributed by atoms with Crippen LogP contribution in [0.25, 0.3) is 19.5 Å². The molecule has 0 saturated heterocycles. The number of ketones is 1. The Hall–Kier alpha value is -3.03. The van der Waals surface area contributed by atoms with E-state index in [0.29, 0.717) is 16.1 Å². The van der Waals surface area contributed by atoms with Crippen LogP contribution in [-0.4, -0.2) is 24.3 Å². The van der Waals surface area contributed by atoms with Crippen LogP contribution < -0.4 is 5.32 Å². The lowest BCUT2D eigenvalue weighted by atomic mass is 10.1. The van der Waals surface area contributed by atoms with Gasteiger partial charge in [-0.25, -0.2) is 4.79 Å². The molecule has 2 aromatic heterocycles. The van der Waals surface area contributed by atoms with Crippen molar-refractivity contribution >= 4 is 65.5 Å². The summed E-state index contributed by atoms with van der Waals surface area (Å²) in [5.41, 5.74) is 1.10. The summed E-state index contributed by atoms with van der Waals surface area (Å²) in [6.07, 6.45) is 0. The van der Waals surface area contributed by atoms with Gasteiger partial charge in [0.25, 0.3) is 5.91 Å². The van der Waals surface area contributed by atoms with Gasteiger partial charge in [0.2, 0.25) is 0 Å². The van der Waals surface area contributed by atoms with Crippen LogP contribution in [-0.2, 0) is 9.53 Å². The van der Waals surface area contributed by atoms with Crippen molar-refractivity contribution in [3.05, 3.63) is 65.0 Å². The SMILES string of the molecule is CC(=O)c1ccc(NC(=O)COC(=O)c2cc3sc4ccccc4c3s2)cc1. The lowest BCUT2D eigenvalue weighted by Crippen LogP contribution is -2.20. The van der Waals surface area contributed by atoms with E-state index in [2.05, 4.69) is 11.4 Å². The molecular weight excluding hydrogens is 394 g/mol. The number of carbonyl (C=O) groups excluding carboxylic acids is 3. The molecule has 140 valence electrons. The fraction of sp³-hybridized carbons (Fsp3) is 0.0952. The normalized spacial score (nSPS) is 10.9. The van der Waals surface area contributed by atoms with Gasteiger partial charge in [0.05, 0.1) is 4.70 Å². The van der Waals surface area contributed by atoms with Crippen molar-refractivity contribution in [2.45, 2.75) is 6.92 Å². The van der Waals surface area contributed by atoms with Crippen LogP contribution in [0.5, 0.6) is 0 Å². The van der Waals surface area contributed by atoms with Crippen LogP contribution in [0, 0.1) is 0 Å². The molecule has 0 atom stereocenters. The van der Waals surface area contributed by atoms with Crippen LogP contribution in [0.15, 0.2) is 54.6 Å². The predicted molar refractivity (Wildman–Crippen MR) is 113 cm³/mol. The van der Waals surface area contributed by atoms with E-state index < -0.39 is 11.9 Å². The first kappa shape index (κ1) is 18.3. The Kier molecular flexibility index (Phi) is 4.93. The number of benzene rings is 2. The van der Waals surface area contributed by atoms with Crippen LogP contribution >= 0.6 is 22.7 Å². The highest BCUT2D eigenvalue weighted by molar-refractivity contribution is 7.33. The zero-order valence-corrected chi connectivity index (χ0v) is 16.5. The molecule has 0 spiro atoms. The lowest BCUT2D eigenvalue weighted by molar-refractivity contribution is -0.119. The van der Waals surface area contributed by atoms with Crippen LogP contribution in [0.3, 0.4) is 0 Å². The molecule has 0 unspecified atom stereocenters. The summed E-state index contributed by atoms with van der Waals surface area (Å²) in [6.45, 7) is 1.10. The maximum absolute atomic E-state index is 12.3. The number of hydrogen-bond donors (Lipinski definition) is 1. The van der Waals surface area contributed by atoms with Crippen molar-refractivity contribution < 1.29 is 19.1 Å². The summed E-state index contributed by atoms with van der Waals surface area (Å²) in [6, 6.07) is 16.4. The number of rotatable bonds is 5. The summed E-state index contributed by atoms with van der Waals surface area (Å²) >= 11 is 3.00. The number of anilines is 1. The van der Waals surface area contributed by atoms with Crippen LogP contribution in [0.1, 0.15) is 27.0 Å². The van der Waals surface area contributed by atoms with Crippen molar-refractivity contribution in [3.8, 4) is 0 Å². The second-order valence-electron chi connectivity index (χ2n) is 6.16. The zero-order chi connectivity index (χ0) is 19.7. The van der Waals surface area contributed by atoms with Gasteiger partial charge in [0, 0.05) is 26.0 Å². The first-order valence-electron chi connectivity index (χ1n) is 8.50. The van der Waals surface area contributed by atoms with E-state index in [0.717, 1.165) is 14.8 Å². The number of Topliss-reactive ketones (excluding diaryl/α,β-unsaturated/α-hetero) is 1. The number of carbonyl (C=O) groups is 3. The van der Waals surface area contributed by atoms with E-state index in [4.69, 9.17) is 4.74 Å². The van der Waals surface area contributed by atoms with E-state index in [1.165, 1.54) is 23.0 Å². The topological polar surface area (TPSA) is 72.5 Å². The molecule has 28 heavy (non-hydrogen) atoms. The first-order chi connectivity index (χ1) is 13.5. The minimum Gasteiger partial charge on any atom is -0.451 e. The van der Waals surface area contributed by atoms with Gasteiger partial charge in [0.1, 0.15) is 4.88 Å². The van der Waals surface area contributed by atoms with Crippen molar-refractivity contribution in [3.63, 3.8) is 0 Å². The Morgan fingerprint density at radius 2 is 1.71 bits per heavy atom. The number of amides is 1. The molecule has 1 amide bonds. The predicted octanol–water partition coefficient (Wildman–Crippen LogP) is 5.11. The van der Waals surface area contributed by atoms with E-state index >= 15 is 0 Å². The molecule has 0 aliphatic heterocycles. The largest absolute Gasteiger partial charge is 0.451 e. The zero-order valence-electron chi connectivity index (χ0n) is 14.9. The molecular formula is C21H15NO4S2. The van der Waals surface area contributed by atoms with Gasteiger partial charge in [-0.2, -0.15) is 0 Å². The molecule has 0 radical (unpaired) electrons. The lowest BCUT2D eigenvalue weighted by Gasteiger charge is -2.06. The van der Waals surface area contributed by atoms with Gasteiger partial charge >= 0.3 is 5.97 Å². The quantitative estimate of drug-likeness (QED) is 0.367. The summed E-state index contributed by atoms with van der Waals surface area (Å²) < 4.78 is 8.42. The van der Waals surface area contributed by atoms with E-state index in [-0.39, 0.29) is 12.4 Å². The van der Waals surface area contributed by atoms with Crippen LogP contribution in [0.2, 0.25) is 0 Å². The highest BCUT2D eigenvalue weighted by atomic mass is 32.1. The molecule has 4 rings (SSSR count). The second kappa shape index (κ2) is 7.53. The molecule has 0 fully saturated rings. The highest BCUT2D eigenvalue weighted by Crippen LogP contribution is 2.39. The minimum absolute atomic E-state index is 0.0459. The van der Waals surface area contributed by atoms with Gasteiger partial charge in [-0.15, -0.1) is 22.7 Å². The third-order valence-electron chi connectivity index (χ3n) is 4.16. The van der Waals surface area contributed by atoms with E-state index in [1.54, 1.807) is 35.6 Å². The number of thiophene rings is 2. The molecule has 7 heteroatoms. The van der Waals surface area contributed by atoms with Crippen LogP contribution in [0.4, 0.5) is 5.69 Å². The molecule has 0 aliphatic carbocycles. The average molecular weight is 409 g/mol. The Morgan fingerprint density at radius 3 is 2.46 bits per heavy atom. The maximum atomic E-state index is 12.3. The van der Waals surface area contributed by atoms with E-state index in [1.807, 2.05) is 24.3 Å². The summed E-state index contributed by atoms with van der Waals surface area (Å²) in [7, 11) is 0. The smallest absolute Gasteiger partial charge is 0.348 e. The Balaban J connectivity index is 1.39. The van der Waals surface area contributed by atoms with Crippen molar-refractivity contribution in [1.82, 2.24) is 0 Å². The summed E-state index contributed by atoms with van der Waals surface area (Å²) in [4.78, 5) is 36.1. The first-order valence-corrected chi connectivity index (χ1v) is 10.1. The molecule has 0 aliphatic rings. The fourth-order valence-corrected chi connectivity index (χ4v) is 5.21. The van der Waals surface area contributed by atoms with Crippen molar-refractivity contribution in [1.29, 1.82) is 0 Å². The van der Waals surface area contributed by atoms with Gasteiger partial charge in [-0.3, -0.25) is 9.59 Å². The maximum Gasteiger partial charge on any atom is 0.348 e. The number of hydrogen-bond acceptors (Lipinski definition) is 6. The Bertz CT molecular complexity index is 1200. The van der Waals surface area contributed by atoms with Gasteiger partial charge in [0.15, 0.2) is 12.4 Å². The summed E-state index contributed by atoms with van der Waals surface area (Å²) in [5, 5.41) is 3.76. The molecule has 5 nitrogen and oxygen atoms in total. The standard InChI is InChI=1S/C21H15NO4S2/c1-12(23)13-6-8-14(9-7-13)22-19(24)11-26-21(25)18-10-17-20(28-18)15-4-2-3-5-16(15)27-17/h2-10H,11H2,1H3,(H,22,24). The molecule has 2 heterocycles. The molecule has 1 N–H and O–H groups in total. The molecule has 4 aromatic rings. The second-order valence-corrected chi connectivity index (χ2v) is 8.30. The average Bonchev–Trinajstić information content (AvgIpc) is 3.24. The number of ether oxygens (including phenoxy) is 1. The van der Waals surface area contributed by atoms with Gasteiger partial charge in [-0.05, 0) is 43.3 Å². The van der Waals surface area contributed by atoms with Crippen molar-refractivity contribution in [2.24, 2.45) is 0 Å². The summed E-state index contributed by atoms with van der Waals surface area (Å²) in [5.74, 6) is -0.997. The molecule has 0 bridgehead atoms. The number of nitrogens with one attached hydrogen (secondary N) is 1. The van der Waals surface area contributed by atoms with Gasteiger partial charge in [-0.1, -0.05) is 18.2 Å². The van der Waals surface area contributed by atoms with E-state index in [9.17, 15) is 14.4 Å². The number of fused-ring (bicyclic) bond motifs is 3. The molecule has 0 saturated carbocycles. The third kappa shape index (κ3) is 3.67. The minimum atomic E-state index is -0.514. The van der Waals surface area contributed by atoms with Gasteiger partial charge < -0.3 is 10.1 Å². The van der Waals surface area contributed by atoms with Crippen molar-refractivity contribution in [2.75, 3.05) is 11.9 Å². The molecule has 2 aromatic carbocycles. The highest BCUT2D eigenvalue weighted by Gasteiger charge is 2.16. The Labute approximate surface area is 168 Å². The fourth-order valence-electron chi connectivity index (χ4n) is 2.79.